The van der Waals surface area contributed by atoms with E-state index in [4.69, 9.17) is 19.3 Å². The molecule has 3 aromatic carbocycles. The number of fused-ring (bicyclic) bond motifs is 1. The molecule has 1 N–H and O–H groups in total. The van der Waals surface area contributed by atoms with Crippen LogP contribution in [0.1, 0.15) is 22.2 Å². The van der Waals surface area contributed by atoms with Crippen molar-refractivity contribution in [2.75, 3.05) is 12.1 Å². The molecule has 1 aliphatic rings. The molecule has 3 heterocycles. The van der Waals surface area contributed by atoms with Crippen LogP contribution >= 0.6 is 11.3 Å². The van der Waals surface area contributed by atoms with Gasteiger partial charge in [0.2, 0.25) is 12.7 Å². The highest BCUT2D eigenvalue weighted by Gasteiger charge is 2.26. The van der Waals surface area contributed by atoms with Crippen LogP contribution in [0.25, 0.3) is 28.1 Å². The fraction of sp³-hybridized carbons (Fsp3) is 0.100. The minimum atomic E-state index is -0.470. The maximum atomic E-state index is 12.5. The number of hydrogen-bond donors (Lipinski definition) is 1. The lowest BCUT2D eigenvalue weighted by Gasteiger charge is -2.11. The molecule has 0 aliphatic carbocycles. The highest BCUT2D eigenvalue weighted by molar-refractivity contribution is 7.12. The van der Waals surface area contributed by atoms with Gasteiger partial charge in [0.05, 0.1) is 16.1 Å². The van der Waals surface area contributed by atoms with Crippen LogP contribution < -0.4 is 19.5 Å². The van der Waals surface area contributed by atoms with E-state index in [1.165, 1.54) is 18.3 Å². The monoisotopic (exact) mass is 537 g/mol. The summed E-state index contributed by atoms with van der Waals surface area (Å²) in [5, 5.41) is 9.70. The number of aromatic nitrogens is 2. The summed E-state index contributed by atoms with van der Waals surface area (Å²) in [4.78, 5) is 25.4. The second-order valence-corrected chi connectivity index (χ2v) is 9.90. The summed E-state index contributed by atoms with van der Waals surface area (Å²) < 4.78 is 18.5. The Hall–Kier alpha value is -4.89. The van der Waals surface area contributed by atoms with Gasteiger partial charge in [-0.25, -0.2) is 0 Å². The van der Waals surface area contributed by atoms with Gasteiger partial charge < -0.3 is 19.5 Å². The van der Waals surface area contributed by atoms with Crippen LogP contribution in [-0.2, 0) is 4.79 Å². The topological polar surface area (TPSA) is 91.7 Å². The number of aryl methyl sites for hydroxylation is 1. The third kappa shape index (κ3) is 4.87. The van der Waals surface area contributed by atoms with Crippen LogP contribution in [0.4, 0.5) is 5.69 Å². The summed E-state index contributed by atoms with van der Waals surface area (Å²) >= 11 is 1.38. The Morgan fingerprint density at radius 1 is 0.949 bits per heavy atom. The third-order valence-electron chi connectivity index (χ3n) is 6.15. The lowest BCUT2D eigenvalue weighted by Crippen LogP contribution is -2.10. The number of nitrogens with one attached hydrogen (secondary N) is 1. The number of anilines is 1. The number of carbonyl (C=O) groups is 2. The molecule has 194 valence electrons. The smallest absolute Gasteiger partial charge is 0.309 e. The van der Waals surface area contributed by atoms with E-state index in [0.29, 0.717) is 33.3 Å². The molecule has 8 nitrogen and oxygen atoms in total. The Morgan fingerprint density at radius 2 is 1.74 bits per heavy atom. The first-order valence-corrected chi connectivity index (χ1v) is 13.1. The Morgan fingerprint density at radius 3 is 2.49 bits per heavy atom. The van der Waals surface area contributed by atoms with Crippen molar-refractivity contribution in [3.8, 4) is 45.5 Å². The molecule has 1 aliphatic heterocycles. The number of benzene rings is 3. The van der Waals surface area contributed by atoms with Gasteiger partial charge in [0.25, 0.3) is 5.91 Å². The lowest BCUT2D eigenvalue weighted by atomic mass is 10.0. The SMILES string of the molecule is CC(=O)Oc1c(-c2ccc(NC(=O)c3cccs3)cc2)c(-c2ccc3c(c2)OCO3)nn1-c1cccc(C)c1. The normalized spacial score (nSPS) is 11.8. The summed E-state index contributed by atoms with van der Waals surface area (Å²) in [5.41, 5.74) is 5.18. The van der Waals surface area contributed by atoms with Crippen molar-refractivity contribution in [1.82, 2.24) is 9.78 Å². The number of nitrogens with zero attached hydrogens (tertiary/aromatic N) is 2. The average Bonchev–Trinajstić information content (AvgIpc) is 3.69. The van der Waals surface area contributed by atoms with Gasteiger partial charge in [-0.15, -0.1) is 11.3 Å². The van der Waals surface area contributed by atoms with Crippen molar-refractivity contribution >= 4 is 28.9 Å². The largest absolute Gasteiger partial charge is 0.454 e. The number of carbonyl (C=O) groups excluding carboxylic acids is 2. The second-order valence-electron chi connectivity index (χ2n) is 8.95. The minimum Gasteiger partial charge on any atom is -0.454 e. The average molecular weight is 538 g/mol. The molecular weight excluding hydrogens is 514 g/mol. The highest BCUT2D eigenvalue weighted by Crippen LogP contribution is 2.44. The van der Waals surface area contributed by atoms with E-state index in [0.717, 1.165) is 22.4 Å². The van der Waals surface area contributed by atoms with E-state index in [2.05, 4.69) is 5.32 Å². The Balaban J connectivity index is 1.49. The van der Waals surface area contributed by atoms with E-state index >= 15 is 0 Å². The van der Waals surface area contributed by atoms with Crippen LogP contribution in [-0.4, -0.2) is 28.4 Å². The zero-order valence-electron chi connectivity index (χ0n) is 21.1. The fourth-order valence-corrected chi connectivity index (χ4v) is 5.01. The molecule has 0 saturated carbocycles. The molecule has 0 fully saturated rings. The second kappa shape index (κ2) is 10.1. The number of rotatable bonds is 6. The standard InChI is InChI=1S/C30H23N3O5S/c1-18-5-3-6-23(15-18)33-30(38-19(2)34)27(28(32-33)21-10-13-24-25(16-21)37-17-36-24)20-8-11-22(12-9-20)31-29(35)26-7-4-14-39-26/h3-16H,17H2,1-2H3,(H,31,35). The predicted octanol–water partition coefficient (Wildman–Crippen LogP) is 6.48. The predicted molar refractivity (Wildman–Crippen MR) is 149 cm³/mol. The van der Waals surface area contributed by atoms with Crippen molar-refractivity contribution in [3.63, 3.8) is 0 Å². The highest BCUT2D eigenvalue weighted by atomic mass is 32.1. The maximum Gasteiger partial charge on any atom is 0.309 e. The van der Waals surface area contributed by atoms with E-state index in [1.54, 1.807) is 10.7 Å². The molecule has 5 aromatic rings. The van der Waals surface area contributed by atoms with E-state index in [9.17, 15) is 9.59 Å². The summed E-state index contributed by atoms with van der Waals surface area (Å²) in [7, 11) is 0. The van der Waals surface area contributed by atoms with E-state index < -0.39 is 5.97 Å². The van der Waals surface area contributed by atoms with Crippen molar-refractivity contribution in [2.24, 2.45) is 0 Å². The molecule has 6 rings (SSSR count). The summed E-state index contributed by atoms with van der Waals surface area (Å²) in [6.45, 7) is 3.50. The summed E-state index contributed by atoms with van der Waals surface area (Å²) in [5.74, 6) is 0.915. The minimum absolute atomic E-state index is 0.154. The molecule has 1 amide bonds. The Bertz CT molecular complexity index is 1690. The molecule has 0 saturated heterocycles. The van der Waals surface area contributed by atoms with Gasteiger partial charge in [0.15, 0.2) is 11.5 Å². The number of amides is 1. The summed E-state index contributed by atoms with van der Waals surface area (Å²) in [6.07, 6.45) is 0. The Labute approximate surface area is 228 Å². The number of esters is 1. The first-order chi connectivity index (χ1) is 19.0. The van der Waals surface area contributed by atoms with Gasteiger partial charge in [0.1, 0.15) is 5.69 Å². The summed E-state index contributed by atoms with van der Waals surface area (Å²) in [6, 6.07) is 24.3. The first kappa shape index (κ1) is 24.4. The molecule has 9 heteroatoms. The Kier molecular flexibility index (Phi) is 6.34. The van der Waals surface area contributed by atoms with Gasteiger partial charge in [-0.05, 0) is 72.0 Å². The molecule has 2 aromatic heterocycles. The van der Waals surface area contributed by atoms with Gasteiger partial charge >= 0.3 is 5.97 Å². The van der Waals surface area contributed by atoms with Crippen molar-refractivity contribution < 1.29 is 23.8 Å². The van der Waals surface area contributed by atoms with Gasteiger partial charge in [0, 0.05) is 18.2 Å². The van der Waals surface area contributed by atoms with E-state index in [1.807, 2.05) is 85.1 Å². The third-order valence-corrected chi connectivity index (χ3v) is 7.02. The van der Waals surface area contributed by atoms with Crippen LogP contribution in [0.3, 0.4) is 0 Å². The van der Waals surface area contributed by atoms with Crippen molar-refractivity contribution in [2.45, 2.75) is 13.8 Å². The number of hydrogen-bond acceptors (Lipinski definition) is 7. The van der Waals surface area contributed by atoms with Crippen LogP contribution in [0.15, 0.2) is 84.2 Å². The van der Waals surface area contributed by atoms with Gasteiger partial charge in [-0.2, -0.15) is 9.78 Å². The molecular formula is C30H23N3O5S. The maximum absolute atomic E-state index is 12.5. The zero-order valence-corrected chi connectivity index (χ0v) is 22.0. The molecule has 0 bridgehead atoms. The quantitative estimate of drug-likeness (QED) is 0.249. The van der Waals surface area contributed by atoms with Crippen molar-refractivity contribution in [1.29, 1.82) is 0 Å². The molecule has 0 atom stereocenters. The zero-order chi connectivity index (χ0) is 26.9. The fourth-order valence-electron chi connectivity index (χ4n) is 4.39. The molecule has 0 unspecified atom stereocenters. The molecule has 0 spiro atoms. The lowest BCUT2D eigenvalue weighted by molar-refractivity contribution is -0.132. The number of thiophene rings is 1. The van der Waals surface area contributed by atoms with Crippen LogP contribution in [0.5, 0.6) is 17.4 Å². The van der Waals surface area contributed by atoms with Gasteiger partial charge in [-0.1, -0.05) is 30.3 Å². The molecule has 0 radical (unpaired) electrons. The molecule has 39 heavy (non-hydrogen) atoms. The van der Waals surface area contributed by atoms with Crippen molar-refractivity contribution in [3.05, 3.63) is 94.7 Å². The van der Waals surface area contributed by atoms with E-state index in [-0.39, 0.29) is 18.6 Å². The van der Waals surface area contributed by atoms with Gasteiger partial charge in [-0.3, -0.25) is 9.59 Å². The van der Waals surface area contributed by atoms with Crippen LogP contribution in [0, 0.1) is 6.92 Å². The first-order valence-electron chi connectivity index (χ1n) is 12.2. The van der Waals surface area contributed by atoms with Crippen LogP contribution in [0.2, 0.25) is 0 Å². The number of ether oxygens (including phenoxy) is 3.